The molecule has 1 fully saturated rings. The van der Waals surface area contributed by atoms with Gasteiger partial charge in [-0.2, -0.15) is 0 Å². The highest BCUT2D eigenvalue weighted by Gasteiger charge is 2.28. The fraction of sp³-hybridized carbons (Fsp3) is 0.389. The first-order valence-electron chi connectivity index (χ1n) is 8.25. The summed E-state index contributed by atoms with van der Waals surface area (Å²) in [6.07, 6.45) is 4.49. The third kappa shape index (κ3) is 4.29. The van der Waals surface area contributed by atoms with Crippen LogP contribution in [0.15, 0.2) is 48.8 Å². The third-order valence-electron chi connectivity index (χ3n) is 4.37. The topological polar surface area (TPSA) is 61.4 Å². The quantitative estimate of drug-likeness (QED) is 0.912. The maximum Gasteiger partial charge on any atom is 0.317 e. The van der Waals surface area contributed by atoms with Crippen LogP contribution in [0, 0.1) is 0 Å². The number of likely N-dealkylation sites (tertiary alicyclic amines) is 1. The Morgan fingerprint density at radius 1 is 1.25 bits per heavy atom. The van der Waals surface area contributed by atoms with Crippen LogP contribution in [-0.4, -0.2) is 52.0 Å². The number of rotatable bonds is 5. The highest BCUT2D eigenvalue weighted by atomic mass is 16.2. The molecule has 0 aliphatic carbocycles. The molecule has 2 heterocycles. The number of likely N-dealkylation sites (N-methyl/N-ethyl adjacent to an activating group) is 1. The van der Waals surface area contributed by atoms with Crippen LogP contribution < -0.4 is 5.32 Å². The van der Waals surface area contributed by atoms with Crippen LogP contribution >= 0.6 is 0 Å². The second kappa shape index (κ2) is 7.88. The van der Waals surface area contributed by atoms with Gasteiger partial charge in [-0.25, -0.2) is 14.8 Å². The number of nitrogens with zero attached hydrogens (tertiary/aromatic N) is 4. The number of urea groups is 1. The van der Waals surface area contributed by atoms with Crippen molar-refractivity contribution in [3.63, 3.8) is 0 Å². The van der Waals surface area contributed by atoms with E-state index in [1.807, 2.05) is 41.3 Å². The standard InChI is InChI=1S/C18H23N5O/c1-22(14-17-19-9-5-10-20-17)16-8-11-23(13-16)18(24)21-12-15-6-3-2-4-7-15/h2-7,9-10,16H,8,11-14H2,1H3,(H,21,24)/t16-/m0/s1. The Labute approximate surface area is 142 Å². The summed E-state index contributed by atoms with van der Waals surface area (Å²) < 4.78 is 0. The first-order valence-corrected chi connectivity index (χ1v) is 8.25. The van der Waals surface area contributed by atoms with Gasteiger partial charge < -0.3 is 10.2 Å². The van der Waals surface area contributed by atoms with E-state index in [-0.39, 0.29) is 6.03 Å². The smallest absolute Gasteiger partial charge is 0.317 e. The maximum absolute atomic E-state index is 12.3. The Balaban J connectivity index is 1.46. The van der Waals surface area contributed by atoms with Gasteiger partial charge in [0.2, 0.25) is 0 Å². The molecule has 24 heavy (non-hydrogen) atoms. The zero-order valence-electron chi connectivity index (χ0n) is 13.9. The first-order chi connectivity index (χ1) is 11.7. The molecule has 6 heteroatoms. The number of carbonyl (C=O) groups is 1. The number of hydrogen-bond donors (Lipinski definition) is 1. The summed E-state index contributed by atoms with van der Waals surface area (Å²) in [6.45, 7) is 2.79. The third-order valence-corrected chi connectivity index (χ3v) is 4.37. The van der Waals surface area contributed by atoms with Crippen molar-refractivity contribution < 1.29 is 4.79 Å². The van der Waals surface area contributed by atoms with Gasteiger partial charge in [-0.05, 0) is 25.1 Å². The van der Waals surface area contributed by atoms with E-state index < -0.39 is 0 Å². The average molecular weight is 325 g/mol. The van der Waals surface area contributed by atoms with Crippen LogP contribution in [0.1, 0.15) is 17.8 Å². The number of aromatic nitrogens is 2. The van der Waals surface area contributed by atoms with E-state index >= 15 is 0 Å². The Hall–Kier alpha value is -2.47. The molecule has 3 rings (SSSR count). The van der Waals surface area contributed by atoms with Crippen molar-refractivity contribution in [2.24, 2.45) is 0 Å². The first kappa shape index (κ1) is 16.4. The Kier molecular flexibility index (Phi) is 5.38. The molecule has 126 valence electrons. The fourth-order valence-electron chi connectivity index (χ4n) is 2.94. The minimum absolute atomic E-state index is 0.00529. The SMILES string of the molecule is CN(Cc1ncccn1)[C@H]1CCN(C(=O)NCc2ccccc2)C1. The van der Waals surface area contributed by atoms with E-state index in [0.29, 0.717) is 19.1 Å². The molecule has 2 aromatic rings. The molecule has 0 bridgehead atoms. The molecule has 1 aromatic carbocycles. The highest BCUT2D eigenvalue weighted by molar-refractivity contribution is 5.74. The van der Waals surface area contributed by atoms with E-state index in [1.54, 1.807) is 12.4 Å². The fourth-order valence-corrected chi connectivity index (χ4v) is 2.94. The van der Waals surface area contributed by atoms with Crippen molar-refractivity contribution in [3.8, 4) is 0 Å². The molecule has 1 atom stereocenters. The molecule has 0 saturated carbocycles. The van der Waals surface area contributed by atoms with Gasteiger partial charge in [0.1, 0.15) is 5.82 Å². The van der Waals surface area contributed by atoms with Crippen molar-refractivity contribution in [2.45, 2.75) is 25.6 Å². The zero-order chi connectivity index (χ0) is 16.8. The summed E-state index contributed by atoms with van der Waals surface area (Å²) in [5.41, 5.74) is 1.11. The van der Waals surface area contributed by atoms with Crippen LogP contribution in [0.25, 0.3) is 0 Å². The van der Waals surface area contributed by atoms with Gasteiger partial charge in [-0.15, -0.1) is 0 Å². The molecule has 2 amide bonds. The van der Waals surface area contributed by atoms with Crippen LogP contribution in [0.5, 0.6) is 0 Å². The number of carbonyl (C=O) groups excluding carboxylic acids is 1. The van der Waals surface area contributed by atoms with Crippen molar-refractivity contribution in [1.29, 1.82) is 0 Å². The van der Waals surface area contributed by atoms with Crippen molar-refractivity contribution >= 4 is 6.03 Å². The monoisotopic (exact) mass is 325 g/mol. The molecule has 1 aliphatic heterocycles. The summed E-state index contributed by atoms with van der Waals surface area (Å²) in [5.74, 6) is 0.812. The molecule has 1 N–H and O–H groups in total. The van der Waals surface area contributed by atoms with Gasteiger partial charge in [0.15, 0.2) is 0 Å². The summed E-state index contributed by atoms with van der Waals surface area (Å²) >= 11 is 0. The lowest BCUT2D eigenvalue weighted by molar-refractivity contribution is 0.195. The summed E-state index contributed by atoms with van der Waals surface area (Å²) in [7, 11) is 2.06. The lowest BCUT2D eigenvalue weighted by atomic mass is 10.2. The van der Waals surface area contributed by atoms with Crippen LogP contribution in [-0.2, 0) is 13.1 Å². The second-order valence-corrected chi connectivity index (χ2v) is 6.11. The summed E-state index contributed by atoms with van der Waals surface area (Å²) in [4.78, 5) is 24.9. The molecular formula is C18H23N5O. The van der Waals surface area contributed by atoms with Crippen molar-refractivity contribution in [3.05, 3.63) is 60.2 Å². The molecule has 1 aliphatic rings. The lowest BCUT2D eigenvalue weighted by Crippen LogP contribution is -2.41. The lowest BCUT2D eigenvalue weighted by Gasteiger charge is -2.24. The molecule has 0 spiro atoms. The predicted molar refractivity (Wildman–Crippen MR) is 92.2 cm³/mol. The summed E-state index contributed by atoms with van der Waals surface area (Å²) in [5, 5.41) is 2.99. The average Bonchev–Trinajstić information content (AvgIpc) is 3.12. The van der Waals surface area contributed by atoms with Crippen LogP contribution in [0.2, 0.25) is 0 Å². The summed E-state index contributed by atoms with van der Waals surface area (Å²) in [6, 6.07) is 12.1. The molecule has 0 radical (unpaired) electrons. The predicted octanol–water partition coefficient (Wildman–Crippen LogP) is 1.89. The van der Waals surface area contributed by atoms with E-state index in [4.69, 9.17) is 0 Å². The van der Waals surface area contributed by atoms with E-state index in [2.05, 4.69) is 27.2 Å². The van der Waals surface area contributed by atoms with Gasteiger partial charge in [0.05, 0.1) is 6.54 Å². The molecule has 1 saturated heterocycles. The Morgan fingerprint density at radius 2 is 2.00 bits per heavy atom. The van der Waals surface area contributed by atoms with E-state index in [0.717, 1.165) is 30.9 Å². The molecular weight excluding hydrogens is 302 g/mol. The number of amides is 2. The van der Waals surface area contributed by atoms with Crippen molar-refractivity contribution in [1.82, 2.24) is 25.1 Å². The minimum Gasteiger partial charge on any atom is -0.334 e. The molecule has 0 unspecified atom stereocenters. The largest absolute Gasteiger partial charge is 0.334 e. The van der Waals surface area contributed by atoms with E-state index in [9.17, 15) is 4.79 Å². The van der Waals surface area contributed by atoms with Gasteiger partial charge in [-0.1, -0.05) is 30.3 Å². The van der Waals surface area contributed by atoms with Crippen molar-refractivity contribution in [2.75, 3.05) is 20.1 Å². The van der Waals surface area contributed by atoms with Gasteiger partial charge >= 0.3 is 6.03 Å². The Morgan fingerprint density at radius 3 is 2.75 bits per heavy atom. The number of nitrogens with one attached hydrogen (secondary N) is 1. The highest BCUT2D eigenvalue weighted by Crippen LogP contribution is 2.16. The second-order valence-electron chi connectivity index (χ2n) is 6.11. The normalized spacial score (nSPS) is 17.2. The number of hydrogen-bond acceptors (Lipinski definition) is 4. The van der Waals surface area contributed by atoms with Crippen LogP contribution in [0.4, 0.5) is 4.79 Å². The Bertz CT molecular complexity index is 649. The van der Waals surface area contributed by atoms with Crippen LogP contribution in [0.3, 0.4) is 0 Å². The zero-order valence-corrected chi connectivity index (χ0v) is 13.9. The van der Waals surface area contributed by atoms with Gasteiger partial charge in [-0.3, -0.25) is 4.90 Å². The number of benzene rings is 1. The molecule has 6 nitrogen and oxygen atoms in total. The van der Waals surface area contributed by atoms with E-state index in [1.165, 1.54) is 0 Å². The molecule has 1 aromatic heterocycles. The minimum atomic E-state index is 0.00529. The van der Waals surface area contributed by atoms with Gasteiger partial charge in [0, 0.05) is 38.1 Å². The van der Waals surface area contributed by atoms with Gasteiger partial charge in [0.25, 0.3) is 0 Å². The maximum atomic E-state index is 12.3.